The van der Waals surface area contributed by atoms with Crippen molar-refractivity contribution < 1.29 is 0 Å². The number of hydrogen-bond acceptors (Lipinski definition) is 6. The predicted molar refractivity (Wildman–Crippen MR) is 275 cm³/mol. The van der Waals surface area contributed by atoms with Gasteiger partial charge in [-0.15, -0.1) is 0 Å². The van der Waals surface area contributed by atoms with Gasteiger partial charge >= 0.3 is 0 Å². The van der Waals surface area contributed by atoms with Crippen molar-refractivity contribution in [1.29, 1.82) is 0 Å². The summed E-state index contributed by atoms with van der Waals surface area (Å²) in [6.45, 7) is 4.41. The minimum atomic E-state index is 0.250. The second-order valence-corrected chi connectivity index (χ2v) is 17.4. The predicted octanol–water partition coefficient (Wildman–Crippen LogP) is 15.5. The molecule has 0 aliphatic heterocycles. The smallest absolute Gasteiger partial charge is 0.164 e. The highest BCUT2D eigenvalue weighted by Crippen LogP contribution is 2.37. The number of benzene rings is 8. The van der Waals surface area contributed by atoms with E-state index in [1.165, 1.54) is 21.9 Å². The third-order valence-electron chi connectivity index (χ3n) is 12.7. The Balaban J connectivity index is 0.897. The molecule has 0 unspecified atom stereocenters. The van der Waals surface area contributed by atoms with E-state index in [4.69, 9.17) is 24.9 Å². The molecule has 12 aromatic rings. The lowest BCUT2D eigenvalue weighted by atomic mass is 9.94. The maximum Gasteiger partial charge on any atom is 0.164 e. The topological polar surface area (TPSA) is 77.3 Å². The van der Waals surface area contributed by atoms with Crippen LogP contribution in [0.25, 0.3) is 122 Å². The minimum absolute atomic E-state index is 0.250. The van der Waals surface area contributed by atoms with Crippen LogP contribution >= 0.6 is 0 Å². The Hall–Kier alpha value is -8.74. The fourth-order valence-electron chi connectivity index (χ4n) is 9.14. The van der Waals surface area contributed by atoms with Crippen molar-refractivity contribution in [3.05, 3.63) is 218 Å². The van der Waals surface area contributed by atoms with Gasteiger partial charge in [0.15, 0.2) is 17.5 Å². The molecule has 4 aromatic heterocycles. The van der Waals surface area contributed by atoms with Gasteiger partial charge in [-0.1, -0.05) is 184 Å². The maximum absolute atomic E-state index is 5.36. The lowest BCUT2D eigenvalue weighted by molar-refractivity contribution is 0.831. The van der Waals surface area contributed by atoms with Crippen LogP contribution in [0, 0.1) is 0 Å². The van der Waals surface area contributed by atoms with Crippen molar-refractivity contribution in [2.75, 3.05) is 0 Å². The molecule has 6 heteroatoms. The lowest BCUT2D eigenvalue weighted by Gasteiger charge is -2.15. The number of rotatable bonds is 8. The molecule has 316 valence electrons. The van der Waals surface area contributed by atoms with Crippen molar-refractivity contribution in [1.82, 2.24) is 29.9 Å². The van der Waals surface area contributed by atoms with Gasteiger partial charge in [0.2, 0.25) is 0 Å². The Morgan fingerprint density at radius 2 is 0.896 bits per heavy atom. The summed E-state index contributed by atoms with van der Waals surface area (Å²) in [6.07, 6.45) is 3.83. The first-order valence-corrected chi connectivity index (χ1v) is 22.7. The summed E-state index contributed by atoms with van der Waals surface area (Å²) in [5.74, 6) is 2.07. The summed E-state index contributed by atoms with van der Waals surface area (Å²) in [5.41, 5.74) is 14.1. The third-order valence-corrected chi connectivity index (χ3v) is 12.7. The lowest BCUT2D eigenvalue weighted by Crippen LogP contribution is -2.00. The molecule has 0 aliphatic rings. The third kappa shape index (κ3) is 7.54. The number of fused-ring (bicyclic) bond motifs is 5. The fraction of sp³-hybridized carbons (Fsp3) is 0.0492. The van der Waals surface area contributed by atoms with Crippen LogP contribution in [0.2, 0.25) is 0 Å². The van der Waals surface area contributed by atoms with E-state index in [9.17, 15) is 0 Å². The molecule has 4 heterocycles. The Labute approximate surface area is 388 Å². The zero-order valence-electron chi connectivity index (χ0n) is 37.0. The van der Waals surface area contributed by atoms with Crippen molar-refractivity contribution in [3.8, 4) is 78.8 Å². The molecule has 0 fully saturated rings. The van der Waals surface area contributed by atoms with Crippen LogP contribution in [0.4, 0.5) is 0 Å². The first-order chi connectivity index (χ1) is 33.0. The van der Waals surface area contributed by atoms with E-state index >= 15 is 0 Å². The van der Waals surface area contributed by atoms with Gasteiger partial charge in [-0.05, 0) is 80.2 Å². The molecule has 0 radical (unpaired) electrons. The summed E-state index contributed by atoms with van der Waals surface area (Å²) in [4.78, 5) is 30.3. The van der Waals surface area contributed by atoms with Crippen LogP contribution < -0.4 is 0 Å². The van der Waals surface area contributed by atoms with Gasteiger partial charge in [0.25, 0.3) is 0 Å². The molecular formula is C61H42N6. The standard InChI is InChI=1S/C61H42N6/c1-38(2)56-35-53(47-27-24-39-12-6-7-15-44(39)32-47)52-30-28-41-29-31-55(63-57(41)58(52)64-56)48-19-10-17-45(33-48)40-22-25-43(26-23-40)60-65-59(42-13-4-3-5-14-42)66-61(67-60)49-20-11-18-46(34-49)54-37-62-36-50-16-8-9-21-51(50)54/h3-38H,1-2H3. The molecule has 67 heavy (non-hydrogen) atoms. The molecule has 0 spiro atoms. The van der Waals surface area contributed by atoms with Gasteiger partial charge in [-0.3, -0.25) is 9.97 Å². The van der Waals surface area contributed by atoms with Crippen molar-refractivity contribution >= 4 is 43.4 Å². The monoisotopic (exact) mass is 858 g/mol. The Morgan fingerprint density at radius 3 is 1.70 bits per heavy atom. The molecule has 12 rings (SSSR count). The van der Waals surface area contributed by atoms with E-state index in [1.807, 2.05) is 48.8 Å². The van der Waals surface area contributed by atoms with Crippen LogP contribution in [0.5, 0.6) is 0 Å². The molecule has 8 aromatic carbocycles. The number of nitrogens with zero attached hydrogens (tertiary/aromatic N) is 6. The molecular weight excluding hydrogens is 817 g/mol. The normalized spacial score (nSPS) is 11.6. The summed E-state index contributed by atoms with van der Waals surface area (Å²) in [7, 11) is 0. The van der Waals surface area contributed by atoms with E-state index in [-0.39, 0.29) is 5.92 Å². The summed E-state index contributed by atoms with van der Waals surface area (Å²) >= 11 is 0. The van der Waals surface area contributed by atoms with Crippen molar-refractivity contribution in [2.45, 2.75) is 19.8 Å². The zero-order valence-corrected chi connectivity index (χ0v) is 37.0. The van der Waals surface area contributed by atoms with E-state index in [2.05, 4.69) is 183 Å². The van der Waals surface area contributed by atoms with E-state index in [0.29, 0.717) is 17.5 Å². The van der Waals surface area contributed by atoms with Crippen LogP contribution in [0.1, 0.15) is 25.5 Å². The first-order valence-electron chi connectivity index (χ1n) is 22.7. The average molecular weight is 859 g/mol. The van der Waals surface area contributed by atoms with Crippen LogP contribution in [0.3, 0.4) is 0 Å². The highest BCUT2D eigenvalue weighted by molar-refractivity contribution is 6.09. The van der Waals surface area contributed by atoms with E-state index in [1.54, 1.807) is 0 Å². The molecule has 0 N–H and O–H groups in total. The van der Waals surface area contributed by atoms with Gasteiger partial charge in [0.1, 0.15) is 0 Å². The van der Waals surface area contributed by atoms with Crippen LogP contribution in [0.15, 0.2) is 213 Å². The second-order valence-electron chi connectivity index (χ2n) is 17.4. The largest absolute Gasteiger partial charge is 0.263 e. The van der Waals surface area contributed by atoms with E-state index < -0.39 is 0 Å². The Morgan fingerprint density at radius 1 is 0.313 bits per heavy atom. The number of aromatic nitrogens is 6. The first kappa shape index (κ1) is 39.8. The molecule has 0 saturated carbocycles. The SMILES string of the molecule is CC(C)c1cc(-c2ccc3ccccc3c2)c2ccc3ccc(-c4cccc(-c5ccc(-c6nc(-c7ccccc7)nc(-c7cccc(-c8cncc9ccccc89)c7)n6)cc5)c4)nc3c2n1. The van der Waals surface area contributed by atoms with Crippen LogP contribution in [-0.4, -0.2) is 29.9 Å². The number of hydrogen-bond donors (Lipinski definition) is 0. The molecule has 0 bridgehead atoms. The van der Waals surface area contributed by atoms with Gasteiger partial charge < -0.3 is 0 Å². The van der Waals surface area contributed by atoms with Crippen molar-refractivity contribution in [3.63, 3.8) is 0 Å². The number of pyridine rings is 3. The van der Waals surface area contributed by atoms with Crippen molar-refractivity contribution in [2.24, 2.45) is 0 Å². The summed E-state index contributed by atoms with van der Waals surface area (Å²) < 4.78 is 0. The highest BCUT2D eigenvalue weighted by atomic mass is 15.0. The van der Waals surface area contributed by atoms with Gasteiger partial charge in [-0.2, -0.15) is 0 Å². The molecule has 0 amide bonds. The molecule has 6 nitrogen and oxygen atoms in total. The summed E-state index contributed by atoms with van der Waals surface area (Å²) in [6, 6.07) is 70.0. The Kier molecular flexibility index (Phi) is 9.91. The van der Waals surface area contributed by atoms with Gasteiger partial charge in [-0.25, -0.2) is 19.9 Å². The highest BCUT2D eigenvalue weighted by Gasteiger charge is 2.17. The summed E-state index contributed by atoms with van der Waals surface area (Å²) in [5, 5.41) is 6.85. The quantitative estimate of drug-likeness (QED) is 0.142. The second kappa shape index (κ2) is 16.7. The fourth-order valence-corrected chi connectivity index (χ4v) is 9.14. The van der Waals surface area contributed by atoms with E-state index in [0.717, 1.165) is 88.5 Å². The Bertz CT molecular complexity index is 3840. The molecule has 0 aliphatic carbocycles. The minimum Gasteiger partial charge on any atom is -0.263 e. The zero-order chi connectivity index (χ0) is 44.8. The molecule has 0 saturated heterocycles. The maximum atomic E-state index is 5.36. The van der Waals surface area contributed by atoms with Crippen LogP contribution in [-0.2, 0) is 0 Å². The van der Waals surface area contributed by atoms with Gasteiger partial charge in [0.05, 0.1) is 16.7 Å². The average Bonchev–Trinajstić information content (AvgIpc) is 3.40. The molecule has 0 atom stereocenters. The van der Waals surface area contributed by atoms with Gasteiger partial charge in [0, 0.05) is 62.1 Å².